The molecule has 1 aromatic carbocycles. The van der Waals surface area contributed by atoms with E-state index in [9.17, 15) is 9.50 Å². The molecule has 2 aliphatic rings. The summed E-state index contributed by atoms with van der Waals surface area (Å²) in [6.45, 7) is 7.54. The minimum Gasteiger partial charge on any atom is -0.389 e. The van der Waals surface area contributed by atoms with E-state index in [4.69, 9.17) is 0 Å². The van der Waals surface area contributed by atoms with Gasteiger partial charge in [0.2, 0.25) is 0 Å². The molecule has 0 spiro atoms. The molecule has 1 atom stereocenters. The molecule has 4 heteroatoms. The molecule has 1 N–H and O–H groups in total. The van der Waals surface area contributed by atoms with Crippen molar-refractivity contribution in [3.63, 3.8) is 0 Å². The Morgan fingerprint density at radius 3 is 2.40 bits per heavy atom. The highest BCUT2D eigenvalue weighted by Gasteiger charge is 2.31. The predicted octanol–water partition coefficient (Wildman–Crippen LogP) is 2.47. The summed E-state index contributed by atoms with van der Waals surface area (Å²) < 4.78 is 13.7. The minimum atomic E-state index is -0.637. The van der Waals surface area contributed by atoms with Crippen LogP contribution in [0.25, 0.3) is 0 Å². The number of hydrogen-bond donors (Lipinski definition) is 1. The fraction of sp³-hybridized carbons (Fsp3) is 0.625. The molecule has 0 bridgehead atoms. The monoisotopic (exact) mass is 278 g/mol. The fourth-order valence-electron chi connectivity index (χ4n) is 3.06. The van der Waals surface area contributed by atoms with Gasteiger partial charge in [0.1, 0.15) is 5.82 Å². The third-order valence-corrected chi connectivity index (χ3v) is 4.48. The molecule has 3 rings (SSSR count). The maximum absolute atomic E-state index is 13.7. The number of anilines is 1. The number of benzene rings is 1. The van der Waals surface area contributed by atoms with E-state index < -0.39 is 6.10 Å². The largest absolute Gasteiger partial charge is 0.389 e. The number of hydrogen-bond acceptors (Lipinski definition) is 3. The van der Waals surface area contributed by atoms with Crippen LogP contribution in [-0.2, 0) is 0 Å². The Bertz CT molecular complexity index is 491. The molecule has 0 radical (unpaired) electrons. The maximum atomic E-state index is 13.7. The van der Waals surface area contributed by atoms with Gasteiger partial charge in [-0.1, -0.05) is 0 Å². The number of aliphatic hydroxyl groups is 1. The number of nitrogens with zero attached hydrogens (tertiary/aromatic N) is 2. The van der Waals surface area contributed by atoms with E-state index in [1.54, 1.807) is 13.8 Å². The Hall–Kier alpha value is -1.13. The normalized spacial score (nSPS) is 22.1. The molecule has 1 aliphatic carbocycles. The van der Waals surface area contributed by atoms with Crippen LogP contribution in [0.3, 0.4) is 0 Å². The van der Waals surface area contributed by atoms with Crippen LogP contribution in [0.15, 0.2) is 12.1 Å². The van der Waals surface area contributed by atoms with Crippen LogP contribution >= 0.6 is 0 Å². The summed E-state index contributed by atoms with van der Waals surface area (Å²) in [5.74, 6) is -0.235. The quantitative estimate of drug-likeness (QED) is 0.920. The van der Waals surface area contributed by atoms with Gasteiger partial charge in [0.05, 0.1) is 6.10 Å². The zero-order chi connectivity index (χ0) is 14.3. The molecule has 1 heterocycles. The standard InChI is InChI=1S/C16H23FN2O/c1-11-9-16(14(12(2)20)10-15(11)17)19-7-5-18(6-8-19)13-3-4-13/h9-10,12-13,20H,3-8H2,1-2H3/t12-/m0/s1. The molecular weight excluding hydrogens is 255 g/mol. The van der Waals surface area contributed by atoms with Crippen molar-refractivity contribution in [3.05, 3.63) is 29.1 Å². The molecule has 0 aromatic heterocycles. The van der Waals surface area contributed by atoms with Crippen molar-refractivity contribution in [1.82, 2.24) is 4.90 Å². The average molecular weight is 278 g/mol. The van der Waals surface area contributed by atoms with Gasteiger partial charge in [0, 0.05) is 43.5 Å². The van der Waals surface area contributed by atoms with Crippen molar-refractivity contribution in [2.24, 2.45) is 0 Å². The van der Waals surface area contributed by atoms with Gasteiger partial charge in [-0.25, -0.2) is 4.39 Å². The fourth-order valence-corrected chi connectivity index (χ4v) is 3.06. The van der Waals surface area contributed by atoms with Gasteiger partial charge >= 0.3 is 0 Å². The van der Waals surface area contributed by atoms with Crippen LogP contribution in [0, 0.1) is 12.7 Å². The van der Waals surface area contributed by atoms with Crippen molar-refractivity contribution in [3.8, 4) is 0 Å². The lowest BCUT2D eigenvalue weighted by atomic mass is 10.0. The molecule has 3 nitrogen and oxygen atoms in total. The molecule has 1 saturated heterocycles. The predicted molar refractivity (Wildman–Crippen MR) is 78.6 cm³/mol. The molecule has 110 valence electrons. The van der Waals surface area contributed by atoms with E-state index in [2.05, 4.69) is 9.80 Å². The SMILES string of the molecule is Cc1cc(N2CCN(C3CC3)CC2)c([C@H](C)O)cc1F. The Labute approximate surface area is 120 Å². The molecule has 0 amide bonds. The minimum absolute atomic E-state index is 0.235. The lowest BCUT2D eigenvalue weighted by Crippen LogP contribution is -2.47. The van der Waals surface area contributed by atoms with Crippen molar-refractivity contribution < 1.29 is 9.50 Å². The van der Waals surface area contributed by atoms with Crippen LogP contribution in [0.1, 0.15) is 37.0 Å². The summed E-state index contributed by atoms with van der Waals surface area (Å²) in [6, 6.07) is 4.18. The van der Waals surface area contributed by atoms with Gasteiger partial charge in [-0.3, -0.25) is 4.90 Å². The third-order valence-electron chi connectivity index (χ3n) is 4.48. The first-order valence-corrected chi connectivity index (χ1v) is 7.53. The molecule has 20 heavy (non-hydrogen) atoms. The molecule has 1 aromatic rings. The summed E-state index contributed by atoms with van der Waals surface area (Å²) >= 11 is 0. The van der Waals surface area contributed by atoms with E-state index >= 15 is 0 Å². The highest BCUT2D eigenvalue weighted by Crippen LogP contribution is 2.32. The zero-order valence-electron chi connectivity index (χ0n) is 12.3. The Kier molecular flexibility index (Phi) is 3.69. The van der Waals surface area contributed by atoms with Crippen molar-refractivity contribution >= 4 is 5.69 Å². The summed E-state index contributed by atoms with van der Waals surface area (Å²) in [5, 5.41) is 9.90. The Morgan fingerprint density at radius 2 is 1.85 bits per heavy atom. The lowest BCUT2D eigenvalue weighted by Gasteiger charge is -2.37. The Morgan fingerprint density at radius 1 is 1.20 bits per heavy atom. The third kappa shape index (κ3) is 2.67. The van der Waals surface area contributed by atoms with Crippen molar-refractivity contribution in [1.29, 1.82) is 0 Å². The highest BCUT2D eigenvalue weighted by molar-refractivity contribution is 5.57. The van der Waals surface area contributed by atoms with E-state index in [0.717, 1.165) is 37.9 Å². The number of rotatable bonds is 3. The summed E-state index contributed by atoms with van der Waals surface area (Å²) in [7, 11) is 0. The average Bonchev–Trinajstić information content (AvgIpc) is 3.26. The molecule has 0 unspecified atom stereocenters. The van der Waals surface area contributed by atoms with Gasteiger partial charge in [-0.05, 0) is 44.4 Å². The van der Waals surface area contributed by atoms with Crippen LogP contribution in [0.5, 0.6) is 0 Å². The van der Waals surface area contributed by atoms with Crippen molar-refractivity contribution in [2.45, 2.75) is 38.8 Å². The van der Waals surface area contributed by atoms with E-state index in [1.165, 1.54) is 18.9 Å². The summed E-state index contributed by atoms with van der Waals surface area (Å²) in [6.07, 6.45) is 2.05. The topological polar surface area (TPSA) is 26.7 Å². The number of piperazine rings is 1. The summed E-state index contributed by atoms with van der Waals surface area (Å²) in [4.78, 5) is 4.84. The second-order valence-corrected chi connectivity index (χ2v) is 6.09. The molecule has 1 aliphatic heterocycles. The summed E-state index contributed by atoms with van der Waals surface area (Å²) in [5.41, 5.74) is 2.34. The number of aryl methyl sites for hydroxylation is 1. The van der Waals surface area contributed by atoms with E-state index in [0.29, 0.717) is 11.1 Å². The molecular formula is C16H23FN2O. The highest BCUT2D eigenvalue weighted by atomic mass is 19.1. The maximum Gasteiger partial charge on any atom is 0.126 e. The van der Waals surface area contributed by atoms with Gasteiger partial charge in [-0.2, -0.15) is 0 Å². The first-order chi connectivity index (χ1) is 9.56. The van der Waals surface area contributed by atoms with Gasteiger partial charge in [0.25, 0.3) is 0 Å². The Balaban J connectivity index is 1.80. The number of aliphatic hydroxyl groups excluding tert-OH is 1. The second-order valence-electron chi connectivity index (χ2n) is 6.09. The zero-order valence-corrected chi connectivity index (χ0v) is 12.3. The smallest absolute Gasteiger partial charge is 0.126 e. The number of halogens is 1. The van der Waals surface area contributed by atoms with E-state index in [-0.39, 0.29) is 5.82 Å². The lowest BCUT2D eigenvalue weighted by molar-refractivity contribution is 0.198. The second kappa shape index (κ2) is 5.34. The van der Waals surface area contributed by atoms with Gasteiger partial charge in [0.15, 0.2) is 0 Å². The van der Waals surface area contributed by atoms with Crippen molar-refractivity contribution in [2.75, 3.05) is 31.1 Å². The first-order valence-electron chi connectivity index (χ1n) is 7.53. The van der Waals surface area contributed by atoms with Crippen LogP contribution in [0.2, 0.25) is 0 Å². The van der Waals surface area contributed by atoms with Crippen LogP contribution in [-0.4, -0.2) is 42.2 Å². The van der Waals surface area contributed by atoms with Crippen LogP contribution < -0.4 is 4.90 Å². The molecule has 2 fully saturated rings. The molecule has 1 saturated carbocycles. The first kappa shape index (κ1) is 13.8. The van der Waals surface area contributed by atoms with Crippen LogP contribution in [0.4, 0.5) is 10.1 Å². The van der Waals surface area contributed by atoms with Gasteiger partial charge < -0.3 is 10.0 Å². The van der Waals surface area contributed by atoms with E-state index in [1.807, 2.05) is 6.07 Å². The van der Waals surface area contributed by atoms with Gasteiger partial charge in [-0.15, -0.1) is 0 Å².